The Morgan fingerprint density at radius 3 is 2.60 bits per heavy atom. The molecule has 9 nitrogen and oxygen atoms in total. The minimum absolute atomic E-state index is 0.00102. The van der Waals surface area contributed by atoms with E-state index in [9.17, 15) is 22.8 Å². The van der Waals surface area contributed by atoms with Gasteiger partial charge in [-0.2, -0.15) is 23.4 Å². The highest BCUT2D eigenvalue weighted by Crippen LogP contribution is 2.35. The van der Waals surface area contributed by atoms with E-state index in [4.69, 9.17) is 16.3 Å². The van der Waals surface area contributed by atoms with Gasteiger partial charge >= 0.3 is 12.1 Å². The average Bonchev–Trinajstić information content (AvgIpc) is 3.51. The zero-order valence-corrected chi connectivity index (χ0v) is 20.1. The van der Waals surface area contributed by atoms with Gasteiger partial charge in [0.25, 0.3) is 5.91 Å². The summed E-state index contributed by atoms with van der Waals surface area (Å²) in [6.07, 6.45) is -3.84. The number of hydrogen-bond donors (Lipinski definition) is 1. The van der Waals surface area contributed by atoms with Crippen LogP contribution in [-0.2, 0) is 17.5 Å². The average molecular weight is 527 g/mol. The maximum Gasteiger partial charge on any atom is 0.433 e. The molecule has 0 radical (unpaired) electrons. The van der Waals surface area contributed by atoms with Crippen LogP contribution in [0.15, 0.2) is 29.8 Å². The molecular weight excluding hydrogens is 509 g/mol. The maximum atomic E-state index is 13.8. The lowest BCUT2D eigenvalue weighted by Gasteiger charge is -2.10. The zero-order valence-electron chi connectivity index (χ0n) is 18.6. The molecule has 184 valence electrons. The van der Waals surface area contributed by atoms with Crippen molar-refractivity contribution in [2.24, 2.45) is 0 Å². The quantitative estimate of drug-likeness (QED) is 0.348. The van der Waals surface area contributed by atoms with Crippen molar-refractivity contribution in [3.8, 4) is 10.6 Å². The minimum atomic E-state index is -4.80. The van der Waals surface area contributed by atoms with Gasteiger partial charge in [0.15, 0.2) is 22.7 Å². The number of hydrogen-bond acceptors (Lipinski definition) is 7. The van der Waals surface area contributed by atoms with Gasteiger partial charge in [-0.15, -0.1) is 11.3 Å². The lowest BCUT2D eigenvalue weighted by atomic mass is 10.2. The van der Waals surface area contributed by atoms with E-state index < -0.39 is 35.5 Å². The Bertz CT molecular complexity index is 1410. The molecule has 4 heterocycles. The third-order valence-corrected chi connectivity index (χ3v) is 5.92. The second-order valence-electron chi connectivity index (χ2n) is 7.55. The molecule has 4 aromatic rings. The number of esters is 1. The Labute approximate surface area is 205 Å². The fraction of sp³-hybridized carbons (Fsp3) is 0.286. The summed E-state index contributed by atoms with van der Waals surface area (Å²) in [5.41, 5.74) is -2.11. The van der Waals surface area contributed by atoms with E-state index in [-0.39, 0.29) is 27.7 Å². The number of nitrogens with one attached hydrogen (secondary N) is 1. The van der Waals surface area contributed by atoms with Gasteiger partial charge in [-0.3, -0.25) is 9.48 Å². The number of amides is 1. The maximum absolute atomic E-state index is 13.8. The van der Waals surface area contributed by atoms with E-state index in [2.05, 4.69) is 20.5 Å². The number of fused-ring (bicyclic) bond motifs is 1. The van der Waals surface area contributed by atoms with Crippen molar-refractivity contribution in [2.75, 3.05) is 5.32 Å². The van der Waals surface area contributed by atoms with Gasteiger partial charge in [0.2, 0.25) is 0 Å². The molecule has 0 aliphatic carbocycles. The standard InChI is InChI=1S/C21H18ClF3N6O3S/c1-4-30-9-12(16(28-30)20(33)34-10(2)3)27-19(32)17-15(22)18-26-11(13-6-5-7-35-13)8-14(21(23,24)25)31(18)29-17/h5-10H,4H2,1-3H3,(H,27,32). The first-order valence-corrected chi connectivity index (χ1v) is 11.6. The summed E-state index contributed by atoms with van der Waals surface area (Å²) in [5.74, 6) is -1.72. The van der Waals surface area contributed by atoms with E-state index in [0.717, 1.165) is 6.07 Å². The summed E-state index contributed by atoms with van der Waals surface area (Å²) in [4.78, 5) is 30.1. The smallest absolute Gasteiger partial charge is 0.433 e. The van der Waals surface area contributed by atoms with Crippen molar-refractivity contribution in [1.29, 1.82) is 0 Å². The Kier molecular flexibility index (Phi) is 6.56. The van der Waals surface area contributed by atoms with Crippen molar-refractivity contribution in [2.45, 2.75) is 39.6 Å². The van der Waals surface area contributed by atoms with Crippen LogP contribution in [0.2, 0.25) is 5.02 Å². The highest BCUT2D eigenvalue weighted by Gasteiger charge is 2.37. The molecule has 1 amide bonds. The van der Waals surface area contributed by atoms with Gasteiger partial charge in [0.05, 0.1) is 22.4 Å². The second kappa shape index (κ2) is 9.30. The van der Waals surface area contributed by atoms with E-state index >= 15 is 0 Å². The third-order valence-electron chi connectivity index (χ3n) is 4.68. The number of aromatic nitrogens is 5. The fourth-order valence-corrected chi connectivity index (χ4v) is 4.10. The number of thiophene rings is 1. The first-order chi connectivity index (χ1) is 16.5. The van der Waals surface area contributed by atoms with Crippen LogP contribution in [0, 0.1) is 0 Å². The summed E-state index contributed by atoms with van der Waals surface area (Å²) in [6.45, 7) is 5.46. The SMILES string of the molecule is CCn1cc(NC(=O)c2nn3c(C(F)(F)F)cc(-c4cccs4)nc3c2Cl)c(C(=O)OC(C)C)n1. The zero-order chi connectivity index (χ0) is 25.5. The molecule has 0 saturated carbocycles. The Hall–Kier alpha value is -3.45. The van der Waals surface area contributed by atoms with Gasteiger partial charge in [-0.1, -0.05) is 17.7 Å². The molecule has 0 aliphatic heterocycles. The van der Waals surface area contributed by atoms with Gasteiger partial charge in [-0.05, 0) is 38.3 Å². The molecule has 0 unspecified atom stereocenters. The number of ether oxygens (including phenoxy) is 1. The predicted octanol–water partition coefficient (Wildman–Crippen LogP) is 5.16. The summed E-state index contributed by atoms with van der Waals surface area (Å²) in [7, 11) is 0. The highest BCUT2D eigenvalue weighted by molar-refractivity contribution is 7.13. The Morgan fingerprint density at radius 2 is 2.00 bits per heavy atom. The second-order valence-corrected chi connectivity index (χ2v) is 8.88. The lowest BCUT2D eigenvalue weighted by Crippen LogP contribution is -2.18. The molecule has 0 bridgehead atoms. The van der Waals surface area contributed by atoms with Crippen LogP contribution in [0.3, 0.4) is 0 Å². The van der Waals surface area contributed by atoms with Crippen LogP contribution >= 0.6 is 22.9 Å². The topological polar surface area (TPSA) is 103 Å². The number of halogens is 4. The number of alkyl halides is 3. The van der Waals surface area contributed by atoms with Crippen LogP contribution in [-0.4, -0.2) is 42.4 Å². The van der Waals surface area contributed by atoms with Gasteiger partial charge < -0.3 is 10.1 Å². The number of rotatable bonds is 6. The molecule has 4 aromatic heterocycles. The molecule has 14 heteroatoms. The predicted molar refractivity (Wildman–Crippen MR) is 123 cm³/mol. The Morgan fingerprint density at radius 1 is 1.26 bits per heavy atom. The monoisotopic (exact) mass is 526 g/mol. The van der Waals surface area contributed by atoms with Gasteiger partial charge in [0, 0.05) is 12.7 Å². The summed E-state index contributed by atoms with van der Waals surface area (Å²) >= 11 is 7.50. The van der Waals surface area contributed by atoms with E-state index in [1.807, 2.05) is 0 Å². The number of anilines is 1. The van der Waals surface area contributed by atoms with Crippen molar-refractivity contribution in [3.63, 3.8) is 0 Å². The van der Waals surface area contributed by atoms with E-state index in [1.165, 1.54) is 22.2 Å². The van der Waals surface area contributed by atoms with Crippen molar-refractivity contribution >= 4 is 46.1 Å². The van der Waals surface area contributed by atoms with Gasteiger partial charge in [0.1, 0.15) is 5.02 Å². The molecular formula is C21H18ClF3N6O3S. The molecule has 1 N–H and O–H groups in total. The molecule has 0 aromatic carbocycles. The fourth-order valence-electron chi connectivity index (χ4n) is 3.17. The van der Waals surface area contributed by atoms with Crippen LogP contribution < -0.4 is 5.32 Å². The molecule has 0 aliphatic rings. The summed E-state index contributed by atoms with van der Waals surface area (Å²) < 4.78 is 48.5. The highest BCUT2D eigenvalue weighted by atomic mass is 35.5. The molecule has 4 rings (SSSR count). The first-order valence-electron chi connectivity index (χ1n) is 10.3. The molecule has 0 spiro atoms. The number of carbonyl (C=O) groups is 2. The van der Waals surface area contributed by atoms with E-state index in [0.29, 0.717) is 15.9 Å². The normalized spacial score (nSPS) is 11.9. The molecule has 0 saturated heterocycles. The number of aryl methyl sites for hydroxylation is 1. The third kappa shape index (κ3) is 4.86. The van der Waals surface area contributed by atoms with Crippen LogP contribution in [0.25, 0.3) is 16.2 Å². The van der Waals surface area contributed by atoms with Crippen LogP contribution in [0.4, 0.5) is 18.9 Å². The van der Waals surface area contributed by atoms with E-state index in [1.54, 1.807) is 38.3 Å². The van der Waals surface area contributed by atoms with Crippen molar-refractivity contribution in [3.05, 3.63) is 51.9 Å². The first kappa shape index (κ1) is 24.7. The molecule has 35 heavy (non-hydrogen) atoms. The molecule has 0 atom stereocenters. The summed E-state index contributed by atoms with van der Waals surface area (Å²) in [5, 5.41) is 11.7. The Balaban J connectivity index is 1.77. The van der Waals surface area contributed by atoms with Gasteiger partial charge in [-0.25, -0.2) is 14.3 Å². The summed E-state index contributed by atoms with van der Waals surface area (Å²) in [6, 6.07) is 4.13. The minimum Gasteiger partial charge on any atom is -0.458 e. The van der Waals surface area contributed by atoms with Crippen LogP contribution in [0.1, 0.15) is 47.4 Å². The lowest BCUT2D eigenvalue weighted by molar-refractivity contribution is -0.142. The number of carbonyl (C=O) groups excluding carboxylic acids is 2. The van der Waals surface area contributed by atoms with Crippen molar-refractivity contribution in [1.82, 2.24) is 24.4 Å². The van der Waals surface area contributed by atoms with Crippen LogP contribution in [0.5, 0.6) is 0 Å². The number of nitrogens with zero attached hydrogens (tertiary/aromatic N) is 5. The molecule has 0 fully saturated rings. The largest absolute Gasteiger partial charge is 0.458 e. The van der Waals surface area contributed by atoms with Crippen molar-refractivity contribution < 1.29 is 27.5 Å².